The molecule has 1 fully saturated rings. The largest absolute Gasteiger partial charge is 0.393 e. The molecule has 1 aliphatic rings. The molecule has 94 valence electrons. The molecule has 0 radical (unpaired) electrons. The minimum absolute atomic E-state index is 0.184. The zero-order chi connectivity index (χ0) is 12.4. The van der Waals surface area contributed by atoms with E-state index in [1.54, 1.807) is 13.1 Å². The van der Waals surface area contributed by atoms with Gasteiger partial charge in [0.2, 0.25) is 0 Å². The van der Waals surface area contributed by atoms with Crippen molar-refractivity contribution < 1.29 is 10.2 Å². The molecule has 4 nitrogen and oxygen atoms in total. The summed E-state index contributed by atoms with van der Waals surface area (Å²) in [4.78, 5) is 6.48. The van der Waals surface area contributed by atoms with Crippen molar-refractivity contribution in [2.24, 2.45) is 5.92 Å². The molecular formula is C13H20N2O2. The molecular weight excluding hydrogens is 216 g/mol. The van der Waals surface area contributed by atoms with E-state index in [0.717, 1.165) is 25.2 Å². The summed E-state index contributed by atoms with van der Waals surface area (Å²) in [7, 11) is 0. The second-order valence-corrected chi connectivity index (χ2v) is 4.90. The maximum absolute atomic E-state index is 9.68. The second-order valence-electron chi connectivity index (χ2n) is 4.90. The Morgan fingerprint density at radius 1 is 1.47 bits per heavy atom. The lowest BCUT2D eigenvalue weighted by molar-refractivity contribution is 0.0971. The number of pyridine rings is 1. The molecule has 0 aliphatic carbocycles. The summed E-state index contributed by atoms with van der Waals surface area (Å²) in [5, 5.41) is 19.1. The van der Waals surface area contributed by atoms with Gasteiger partial charge in [-0.3, -0.25) is 4.98 Å². The lowest BCUT2D eigenvalue weighted by Crippen LogP contribution is -2.42. The van der Waals surface area contributed by atoms with Crippen molar-refractivity contribution in [1.82, 2.24) is 4.98 Å². The van der Waals surface area contributed by atoms with Crippen molar-refractivity contribution in [2.45, 2.75) is 32.5 Å². The number of nitrogens with zero attached hydrogens (tertiary/aromatic N) is 2. The molecule has 0 aromatic carbocycles. The minimum atomic E-state index is -0.522. The van der Waals surface area contributed by atoms with Crippen LogP contribution in [0.5, 0.6) is 0 Å². The molecule has 0 spiro atoms. The van der Waals surface area contributed by atoms with Gasteiger partial charge >= 0.3 is 0 Å². The van der Waals surface area contributed by atoms with Gasteiger partial charge in [-0.1, -0.05) is 6.92 Å². The zero-order valence-electron chi connectivity index (χ0n) is 10.4. The first-order valence-electron chi connectivity index (χ1n) is 6.15. The Hall–Kier alpha value is -1.13. The van der Waals surface area contributed by atoms with Crippen LogP contribution in [0.3, 0.4) is 0 Å². The summed E-state index contributed by atoms with van der Waals surface area (Å²) in [6.07, 6.45) is 1.90. The Morgan fingerprint density at radius 3 is 2.76 bits per heavy atom. The summed E-state index contributed by atoms with van der Waals surface area (Å²) < 4.78 is 0. The molecule has 1 aromatic rings. The number of rotatable bonds is 2. The van der Waals surface area contributed by atoms with E-state index in [1.807, 2.05) is 12.1 Å². The van der Waals surface area contributed by atoms with E-state index >= 15 is 0 Å². The smallest absolute Gasteiger partial charge is 0.0931 e. The highest BCUT2D eigenvalue weighted by atomic mass is 16.3. The third kappa shape index (κ3) is 2.76. The fourth-order valence-electron chi connectivity index (χ4n) is 2.20. The van der Waals surface area contributed by atoms with Crippen LogP contribution in [0, 0.1) is 5.92 Å². The molecule has 2 heterocycles. The Morgan fingerprint density at radius 2 is 2.24 bits per heavy atom. The van der Waals surface area contributed by atoms with Gasteiger partial charge in [0.25, 0.3) is 0 Å². The predicted molar refractivity (Wildman–Crippen MR) is 66.9 cm³/mol. The summed E-state index contributed by atoms with van der Waals surface area (Å²) in [5.41, 5.74) is 1.76. The topological polar surface area (TPSA) is 56.6 Å². The van der Waals surface area contributed by atoms with Crippen LogP contribution in [-0.2, 0) is 0 Å². The van der Waals surface area contributed by atoms with Crippen LogP contribution in [0.1, 0.15) is 32.1 Å². The van der Waals surface area contributed by atoms with E-state index in [2.05, 4.69) is 16.8 Å². The van der Waals surface area contributed by atoms with Gasteiger partial charge in [0.1, 0.15) is 0 Å². The Labute approximate surface area is 102 Å². The molecule has 17 heavy (non-hydrogen) atoms. The van der Waals surface area contributed by atoms with E-state index in [-0.39, 0.29) is 6.10 Å². The van der Waals surface area contributed by atoms with Crippen molar-refractivity contribution in [3.8, 4) is 0 Å². The number of anilines is 1. The van der Waals surface area contributed by atoms with Gasteiger partial charge in [-0.2, -0.15) is 0 Å². The van der Waals surface area contributed by atoms with Gasteiger partial charge in [0.15, 0.2) is 0 Å². The lowest BCUT2D eigenvalue weighted by atomic mass is 9.96. The number of aromatic nitrogens is 1. The highest BCUT2D eigenvalue weighted by Gasteiger charge is 2.24. The summed E-state index contributed by atoms with van der Waals surface area (Å²) >= 11 is 0. The molecule has 0 saturated carbocycles. The zero-order valence-corrected chi connectivity index (χ0v) is 10.4. The maximum Gasteiger partial charge on any atom is 0.0931 e. The Balaban J connectivity index is 2.07. The second kappa shape index (κ2) is 5.02. The molecule has 2 unspecified atom stereocenters. The number of aliphatic hydroxyl groups excluding tert-OH is 2. The fraction of sp³-hybridized carbons (Fsp3) is 0.615. The Kier molecular flexibility index (Phi) is 3.64. The first kappa shape index (κ1) is 12.3. The summed E-state index contributed by atoms with van der Waals surface area (Å²) in [6, 6.07) is 3.84. The third-order valence-corrected chi connectivity index (χ3v) is 3.42. The molecule has 1 aliphatic heterocycles. The Bertz CT molecular complexity index is 364. The van der Waals surface area contributed by atoms with E-state index in [4.69, 9.17) is 0 Å². The third-order valence-electron chi connectivity index (χ3n) is 3.42. The van der Waals surface area contributed by atoms with Crippen LogP contribution in [0.15, 0.2) is 18.3 Å². The van der Waals surface area contributed by atoms with E-state index in [9.17, 15) is 10.2 Å². The summed E-state index contributed by atoms with van der Waals surface area (Å²) in [5.74, 6) is 0.292. The molecule has 2 N–H and O–H groups in total. The van der Waals surface area contributed by atoms with Crippen molar-refractivity contribution in [3.63, 3.8) is 0 Å². The van der Waals surface area contributed by atoms with Crippen molar-refractivity contribution in [2.75, 3.05) is 18.0 Å². The SMILES string of the molecule is CC1CN(c2ccc([C@@H](C)O)nc2)CCC1O. The molecule has 0 bridgehead atoms. The van der Waals surface area contributed by atoms with E-state index in [0.29, 0.717) is 11.6 Å². The van der Waals surface area contributed by atoms with E-state index < -0.39 is 6.10 Å². The van der Waals surface area contributed by atoms with Crippen LogP contribution >= 0.6 is 0 Å². The molecule has 3 atom stereocenters. The van der Waals surface area contributed by atoms with Crippen LogP contribution < -0.4 is 4.90 Å². The van der Waals surface area contributed by atoms with Crippen molar-refractivity contribution >= 4 is 5.69 Å². The minimum Gasteiger partial charge on any atom is -0.393 e. The average molecular weight is 236 g/mol. The average Bonchev–Trinajstić information content (AvgIpc) is 2.33. The normalized spacial score (nSPS) is 26.9. The lowest BCUT2D eigenvalue weighted by Gasteiger charge is -2.35. The molecule has 4 heteroatoms. The first-order valence-corrected chi connectivity index (χ1v) is 6.15. The number of aliphatic hydroxyl groups is 2. The van der Waals surface area contributed by atoms with Crippen molar-refractivity contribution in [3.05, 3.63) is 24.0 Å². The van der Waals surface area contributed by atoms with Gasteiger partial charge in [0, 0.05) is 13.1 Å². The first-order chi connectivity index (χ1) is 8.08. The van der Waals surface area contributed by atoms with Gasteiger partial charge in [-0.25, -0.2) is 0 Å². The van der Waals surface area contributed by atoms with Crippen LogP contribution in [0.25, 0.3) is 0 Å². The quantitative estimate of drug-likeness (QED) is 0.813. The number of hydrogen-bond donors (Lipinski definition) is 2. The van der Waals surface area contributed by atoms with Crippen molar-refractivity contribution in [1.29, 1.82) is 0 Å². The number of piperidine rings is 1. The van der Waals surface area contributed by atoms with Gasteiger partial charge < -0.3 is 15.1 Å². The van der Waals surface area contributed by atoms with E-state index in [1.165, 1.54) is 0 Å². The molecule has 2 rings (SSSR count). The summed E-state index contributed by atoms with van der Waals surface area (Å²) in [6.45, 7) is 5.49. The maximum atomic E-state index is 9.68. The number of hydrogen-bond acceptors (Lipinski definition) is 4. The molecule has 1 aromatic heterocycles. The van der Waals surface area contributed by atoms with Gasteiger partial charge in [-0.05, 0) is 31.4 Å². The highest BCUT2D eigenvalue weighted by molar-refractivity contribution is 5.45. The highest BCUT2D eigenvalue weighted by Crippen LogP contribution is 2.23. The van der Waals surface area contributed by atoms with Crippen LogP contribution in [0.4, 0.5) is 5.69 Å². The predicted octanol–water partition coefficient (Wildman–Crippen LogP) is 1.34. The fourth-order valence-corrected chi connectivity index (χ4v) is 2.20. The van der Waals surface area contributed by atoms with Crippen LogP contribution in [0.2, 0.25) is 0 Å². The van der Waals surface area contributed by atoms with Crippen LogP contribution in [-0.4, -0.2) is 34.4 Å². The molecule has 0 amide bonds. The molecule has 1 saturated heterocycles. The van der Waals surface area contributed by atoms with Gasteiger partial charge in [-0.15, -0.1) is 0 Å². The van der Waals surface area contributed by atoms with Gasteiger partial charge in [0.05, 0.1) is 29.8 Å². The monoisotopic (exact) mass is 236 g/mol. The standard InChI is InChI=1S/C13H20N2O2/c1-9-8-15(6-5-13(9)17)11-3-4-12(10(2)16)14-7-11/h3-4,7,9-10,13,16-17H,5-6,8H2,1-2H3/t9?,10-,13?/m1/s1.